The zero-order valence-corrected chi connectivity index (χ0v) is 23.0. The molecule has 0 saturated heterocycles. The van der Waals surface area contributed by atoms with Crippen LogP contribution in [0.1, 0.15) is 64.6 Å². The van der Waals surface area contributed by atoms with Crippen LogP contribution < -0.4 is 0 Å². The molecule has 0 aliphatic heterocycles. The van der Waals surface area contributed by atoms with Gasteiger partial charge >= 0.3 is 0 Å². The van der Waals surface area contributed by atoms with Gasteiger partial charge in [0.2, 0.25) is 0 Å². The molecule has 1 aliphatic carbocycles. The van der Waals surface area contributed by atoms with E-state index in [1.165, 1.54) is 0 Å². The first kappa shape index (κ1) is 10.2. The average Bonchev–Trinajstić information content (AvgIpc) is 3.97. The van der Waals surface area contributed by atoms with Gasteiger partial charge < -0.3 is 4.42 Å². The molecule has 0 amide bonds. The summed E-state index contributed by atoms with van der Waals surface area (Å²) >= 11 is 0. The van der Waals surface area contributed by atoms with Crippen LogP contribution in [0.4, 0.5) is 0 Å². The van der Waals surface area contributed by atoms with E-state index in [4.69, 9.17) is 30.5 Å². The molecule has 10 rings (SSSR count). The molecule has 0 saturated carbocycles. The van der Waals surface area contributed by atoms with Crippen molar-refractivity contribution in [1.82, 2.24) is 0 Å². The van der Waals surface area contributed by atoms with Crippen molar-refractivity contribution in [1.29, 1.82) is 0 Å². The highest BCUT2D eigenvalue weighted by Gasteiger charge is 2.38. The summed E-state index contributed by atoms with van der Waals surface area (Å²) in [5, 5.41) is -5.63. The summed E-state index contributed by atoms with van der Waals surface area (Å²) < 4.78 is 270. The number of hydrogen-bond donors (Lipinski definition) is 0. The average molecular weight is 616 g/mol. The van der Waals surface area contributed by atoms with Gasteiger partial charge in [-0.05, 0) is 95.0 Å². The molecule has 1 unspecified atom stereocenters. The normalized spacial score (nSPS) is 24.9. The Bertz CT molecular complexity index is 4170. The molecule has 0 bridgehead atoms. The van der Waals surface area contributed by atoms with Crippen molar-refractivity contribution in [3.63, 3.8) is 0 Å². The van der Waals surface area contributed by atoms with Crippen molar-refractivity contribution in [3.05, 3.63) is 156 Å². The van der Waals surface area contributed by atoms with Crippen molar-refractivity contribution in [3.8, 4) is 33.4 Å². The maximum Gasteiger partial charge on any atom is 0.136 e. The van der Waals surface area contributed by atoms with Crippen molar-refractivity contribution in [2.75, 3.05) is 0 Å². The third kappa shape index (κ3) is 3.35. The Balaban J connectivity index is 1.60. The monoisotopic (exact) mass is 615 g/mol. The van der Waals surface area contributed by atoms with Crippen LogP contribution in [-0.4, -0.2) is 0 Å². The van der Waals surface area contributed by atoms with Gasteiger partial charge in [0, 0.05) is 23.0 Å². The second kappa shape index (κ2) is 9.19. The summed E-state index contributed by atoms with van der Waals surface area (Å²) in [6, 6.07) is -23.8. The van der Waals surface area contributed by atoms with E-state index < -0.39 is 263 Å². The molecule has 1 aromatic heterocycles. The first-order chi connectivity index (χ1) is 34.8. The molecule has 216 valence electrons. The maximum atomic E-state index is 9.66. The van der Waals surface area contributed by atoms with Gasteiger partial charge in [-0.25, -0.2) is 0 Å². The molecule has 1 atom stereocenters. The van der Waals surface area contributed by atoms with Gasteiger partial charge in [0.15, 0.2) is 0 Å². The van der Waals surface area contributed by atoms with E-state index in [0.29, 0.717) is 0 Å². The smallest absolute Gasteiger partial charge is 0.136 e. The summed E-state index contributed by atoms with van der Waals surface area (Å²) in [5.74, 6) is 0. The Hall–Kier alpha value is -5.66. The molecule has 0 N–H and O–H groups in total. The lowest BCUT2D eigenvalue weighted by atomic mass is 9.76. The van der Waals surface area contributed by atoms with E-state index in [1.54, 1.807) is 0 Å². The third-order valence-electron chi connectivity index (χ3n) is 8.17. The quantitative estimate of drug-likeness (QED) is 0.176. The van der Waals surface area contributed by atoms with E-state index >= 15 is 0 Å². The highest BCUT2D eigenvalue weighted by atomic mass is 16.3. The van der Waals surface area contributed by atoms with Gasteiger partial charge in [-0.3, -0.25) is 0 Å². The van der Waals surface area contributed by atoms with E-state index in [9.17, 15) is 13.7 Å². The van der Waals surface area contributed by atoms with E-state index in [1.807, 2.05) is 0 Å². The maximum absolute atomic E-state index is 9.66. The number of hydrogen-bond acceptors (Lipinski definition) is 1. The lowest BCUT2D eigenvalue weighted by Gasteiger charge is -2.26. The summed E-state index contributed by atoms with van der Waals surface area (Å²) in [7, 11) is 0. The molecule has 8 aromatic carbocycles. The molecule has 0 radical (unpaired) electrons. The van der Waals surface area contributed by atoms with Gasteiger partial charge in [-0.1, -0.05) is 141 Å². The van der Waals surface area contributed by atoms with Crippen LogP contribution in [0.15, 0.2) is 149 Å². The molecule has 1 aliphatic rings. The molecule has 1 nitrogen and oxygen atoms in total. The van der Waals surface area contributed by atoms with Crippen molar-refractivity contribution in [2.45, 2.75) is 19.1 Å². The first-order valence-corrected chi connectivity index (χ1v) is 13.7. The highest BCUT2D eigenvalue weighted by molar-refractivity contribution is 6.26. The topological polar surface area (TPSA) is 13.1 Å². The fourth-order valence-electron chi connectivity index (χ4n) is 6.33. The number of fused-ring (bicyclic) bond motifs is 9. The fourth-order valence-corrected chi connectivity index (χ4v) is 6.33. The van der Waals surface area contributed by atoms with E-state index in [-0.39, 0.29) is 0 Å². The molecular weight excluding hydrogens is 556 g/mol. The summed E-state index contributed by atoms with van der Waals surface area (Å²) in [6.45, 7) is -6.56. The minimum absolute atomic E-state index is 0.511. The van der Waals surface area contributed by atoms with E-state index in [2.05, 4.69) is 0 Å². The Morgan fingerprint density at radius 1 is 0.500 bits per heavy atom. The molecule has 1 heterocycles. The zero-order valence-electron chi connectivity index (χ0n) is 52.0. The summed E-state index contributed by atoms with van der Waals surface area (Å²) in [6.07, 6.45) is 0. The molecular formula is C45H30O. The number of furan rings is 1. The van der Waals surface area contributed by atoms with Crippen LogP contribution >= 0.6 is 0 Å². The summed E-state index contributed by atoms with van der Waals surface area (Å²) in [5.41, 5.74) is -11.6. The van der Waals surface area contributed by atoms with Crippen molar-refractivity contribution in [2.24, 2.45) is 0 Å². The first-order valence-electron chi connectivity index (χ1n) is 28.4. The Labute approximate surface area is 308 Å². The number of rotatable bonds is 2. The largest absolute Gasteiger partial charge is 0.456 e. The van der Waals surface area contributed by atoms with Gasteiger partial charge in [-0.2, -0.15) is 0 Å². The SMILES string of the molecule is [2H]c1c([2H])c([2H])c2c(c1[2H])-c1c([2H])c([2H])c([2H])c(-c3c4c([2H])c([2H])c([2H])c([2H])c4c(-c4c([2H])c([2H])c([2H])c5oc6c([2H])c7c([2H])c([2H])c([2H])c([2H])c7c([2H])c6c45)c4c([2H])c([2H])c([2H])c([2H])c34)c1C2(C([2H])[2H])C([2H])([2H])[2H]. The standard InChI is InChI=1S/C45H30O/c1-45(2)38-23-10-9-15-29(38)34-20-11-22-36(44(34)45)42-32-18-7-5-16-30(32)41(31-17-6-8-19-33(31)42)35-21-12-24-39-43(35)37-25-27-13-3-4-14-28(27)26-40(37)46-39/h3-26H,1-2H3/i1D2,2D3,3D,4D,5D,6D,7D,8D,9D,10D,11D,12D,13D,14D,15D,16D,17D,18D,19D,20D,21D,22D,23D,24D,25D,26D. The Kier molecular flexibility index (Phi) is 2.03. The summed E-state index contributed by atoms with van der Waals surface area (Å²) in [4.78, 5) is 0. The van der Waals surface area contributed by atoms with Crippen LogP contribution in [0.3, 0.4) is 0 Å². The Morgan fingerprint density at radius 2 is 1.07 bits per heavy atom. The second-order valence-corrected chi connectivity index (χ2v) is 10.6. The van der Waals surface area contributed by atoms with Crippen molar-refractivity contribution < 1.29 is 44.2 Å². The third-order valence-corrected chi connectivity index (χ3v) is 8.17. The van der Waals surface area contributed by atoms with Crippen molar-refractivity contribution >= 4 is 54.3 Å². The van der Waals surface area contributed by atoms with Gasteiger partial charge in [0.05, 0.1) is 32.9 Å². The molecule has 9 aromatic rings. The fraction of sp³-hybridized carbons (Fsp3) is 0.0667. The lowest BCUT2D eigenvalue weighted by molar-refractivity contribution is 0.662. The Morgan fingerprint density at radius 3 is 1.78 bits per heavy atom. The zero-order chi connectivity index (χ0) is 55.5. The van der Waals surface area contributed by atoms with Crippen LogP contribution in [0, 0.1) is 0 Å². The van der Waals surface area contributed by atoms with Crippen LogP contribution in [0.25, 0.3) is 87.6 Å². The van der Waals surface area contributed by atoms with Crippen LogP contribution in [-0.2, 0) is 5.41 Å². The van der Waals surface area contributed by atoms with Crippen LogP contribution in [0.2, 0.25) is 0 Å². The predicted molar refractivity (Wildman–Crippen MR) is 195 cm³/mol. The minimum Gasteiger partial charge on any atom is -0.456 e. The minimum atomic E-state index is -3.78. The van der Waals surface area contributed by atoms with E-state index in [0.717, 1.165) is 0 Å². The van der Waals surface area contributed by atoms with Crippen LogP contribution in [0.5, 0.6) is 0 Å². The lowest BCUT2D eigenvalue weighted by Crippen LogP contribution is -2.16. The highest BCUT2D eigenvalue weighted by Crippen LogP contribution is 2.55. The van der Waals surface area contributed by atoms with Gasteiger partial charge in [-0.15, -0.1) is 0 Å². The predicted octanol–water partition coefficient (Wildman–Crippen LogP) is 12.7. The molecule has 0 fully saturated rings. The molecule has 1 heteroatoms. The van der Waals surface area contributed by atoms with Gasteiger partial charge in [0.1, 0.15) is 11.2 Å². The van der Waals surface area contributed by atoms with Gasteiger partial charge in [0.25, 0.3) is 0 Å². The number of benzene rings is 8. The molecule has 46 heavy (non-hydrogen) atoms. The molecule has 0 spiro atoms. The second-order valence-electron chi connectivity index (χ2n) is 10.6.